The molecule has 0 N–H and O–H groups in total. The SMILES string of the molecule is Br.Cc1ccc(C(=O)C[n+]2ccc(-c3ccc(-c4ccccc4)cc3)nc2)cc1. The van der Waals surface area contributed by atoms with Crippen LogP contribution in [0, 0.1) is 6.92 Å². The number of hydrogen-bond donors (Lipinski definition) is 0. The highest BCUT2D eigenvalue weighted by atomic mass is 79.9. The Labute approximate surface area is 181 Å². The van der Waals surface area contributed by atoms with Gasteiger partial charge in [0, 0.05) is 17.2 Å². The lowest BCUT2D eigenvalue weighted by atomic mass is 10.0. The second-order valence-corrected chi connectivity index (χ2v) is 6.85. The van der Waals surface area contributed by atoms with Crippen molar-refractivity contribution in [1.82, 2.24) is 4.98 Å². The van der Waals surface area contributed by atoms with Crippen LogP contribution in [0.3, 0.4) is 0 Å². The normalized spacial score (nSPS) is 10.2. The summed E-state index contributed by atoms with van der Waals surface area (Å²) in [5, 5.41) is 0. The maximum Gasteiger partial charge on any atom is 0.287 e. The predicted octanol–water partition coefficient (Wildman–Crippen LogP) is 5.47. The fourth-order valence-electron chi connectivity index (χ4n) is 3.11. The molecule has 1 aromatic heterocycles. The first kappa shape index (κ1) is 20.6. The molecule has 144 valence electrons. The van der Waals surface area contributed by atoms with E-state index < -0.39 is 0 Å². The summed E-state index contributed by atoms with van der Waals surface area (Å²) in [5.74, 6) is 0.0757. The number of hydrogen-bond acceptors (Lipinski definition) is 2. The summed E-state index contributed by atoms with van der Waals surface area (Å²) >= 11 is 0. The van der Waals surface area contributed by atoms with E-state index in [9.17, 15) is 4.79 Å². The molecule has 0 aliphatic heterocycles. The molecule has 4 aromatic rings. The van der Waals surface area contributed by atoms with Gasteiger partial charge >= 0.3 is 0 Å². The van der Waals surface area contributed by atoms with Crippen LogP contribution >= 0.6 is 17.0 Å². The fourth-order valence-corrected chi connectivity index (χ4v) is 3.11. The molecule has 4 heteroatoms. The average molecular weight is 446 g/mol. The third-order valence-electron chi connectivity index (χ3n) is 4.76. The van der Waals surface area contributed by atoms with Crippen LogP contribution < -0.4 is 4.57 Å². The van der Waals surface area contributed by atoms with Crippen molar-refractivity contribution in [3.05, 3.63) is 109 Å². The molecule has 3 aromatic carbocycles. The Morgan fingerprint density at radius 1 is 0.793 bits per heavy atom. The Morgan fingerprint density at radius 2 is 1.41 bits per heavy atom. The number of ketones is 1. The molecular formula is C25H22BrN2O+. The zero-order valence-electron chi connectivity index (χ0n) is 16.2. The Bertz CT molecular complexity index is 1070. The predicted molar refractivity (Wildman–Crippen MR) is 121 cm³/mol. The maximum atomic E-state index is 12.4. The van der Waals surface area contributed by atoms with Crippen molar-refractivity contribution < 1.29 is 9.36 Å². The Kier molecular flexibility index (Phi) is 6.68. The third kappa shape index (κ3) is 5.04. The van der Waals surface area contributed by atoms with Gasteiger partial charge in [0.05, 0.1) is 6.20 Å². The zero-order chi connectivity index (χ0) is 19.3. The topological polar surface area (TPSA) is 33.8 Å². The Balaban J connectivity index is 0.00000240. The number of rotatable bonds is 5. The molecule has 3 nitrogen and oxygen atoms in total. The van der Waals surface area contributed by atoms with Gasteiger partial charge in [-0.3, -0.25) is 4.79 Å². The van der Waals surface area contributed by atoms with Crippen LogP contribution in [0.15, 0.2) is 97.5 Å². The molecule has 0 unspecified atom stereocenters. The number of carbonyl (C=O) groups excluding carboxylic acids is 1. The molecule has 0 bridgehead atoms. The van der Waals surface area contributed by atoms with Crippen molar-refractivity contribution in [1.29, 1.82) is 0 Å². The highest BCUT2D eigenvalue weighted by molar-refractivity contribution is 8.93. The second-order valence-electron chi connectivity index (χ2n) is 6.85. The fraction of sp³-hybridized carbons (Fsp3) is 0.0800. The van der Waals surface area contributed by atoms with E-state index in [1.165, 1.54) is 11.1 Å². The number of aromatic nitrogens is 2. The summed E-state index contributed by atoms with van der Waals surface area (Å²) < 4.78 is 1.81. The lowest BCUT2D eigenvalue weighted by Gasteiger charge is -2.03. The van der Waals surface area contributed by atoms with E-state index in [0.29, 0.717) is 0 Å². The molecule has 0 atom stereocenters. The van der Waals surface area contributed by atoms with E-state index in [-0.39, 0.29) is 29.3 Å². The highest BCUT2D eigenvalue weighted by Crippen LogP contribution is 2.23. The van der Waals surface area contributed by atoms with Gasteiger partial charge in [0.1, 0.15) is 0 Å². The number of Topliss-reactive ketones (excluding diaryl/α,β-unsaturated/α-hetero) is 1. The molecule has 0 fully saturated rings. The van der Waals surface area contributed by atoms with Gasteiger partial charge in [-0.1, -0.05) is 72.3 Å². The summed E-state index contributed by atoms with van der Waals surface area (Å²) in [6.07, 6.45) is 3.62. The lowest BCUT2D eigenvalue weighted by molar-refractivity contribution is -0.686. The van der Waals surface area contributed by atoms with E-state index >= 15 is 0 Å². The zero-order valence-corrected chi connectivity index (χ0v) is 17.9. The maximum absolute atomic E-state index is 12.4. The molecule has 0 amide bonds. The molecule has 1 heterocycles. The van der Waals surface area contributed by atoms with Crippen molar-refractivity contribution in [3.8, 4) is 22.4 Å². The first-order valence-electron chi connectivity index (χ1n) is 9.30. The van der Waals surface area contributed by atoms with Gasteiger partial charge < -0.3 is 0 Å². The summed E-state index contributed by atoms with van der Waals surface area (Å²) in [6, 6.07) is 28.3. The van der Waals surface area contributed by atoms with Gasteiger partial charge in [0.25, 0.3) is 6.33 Å². The summed E-state index contributed by atoms with van der Waals surface area (Å²) in [7, 11) is 0. The van der Waals surface area contributed by atoms with E-state index in [2.05, 4.69) is 41.4 Å². The molecule has 0 radical (unpaired) electrons. The minimum absolute atomic E-state index is 0. The standard InChI is InChI=1S/C25H21N2O.BrH/c1-19-7-9-23(10-8-19)25(28)17-27-16-15-24(26-18-27)22-13-11-21(12-14-22)20-5-3-2-4-6-20;/h2-16,18H,17H2,1H3;1H/q+1;. The van der Waals surface area contributed by atoms with Crippen LogP contribution in [0.25, 0.3) is 22.4 Å². The number of carbonyl (C=O) groups is 1. The van der Waals surface area contributed by atoms with Crippen molar-refractivity contribution >= 4 is 22.8 Å². The van der Waals surface area contributed by atoms with Crippen LogP contribution in [0.2, 0.25) is 0 Å². The number of halogens is 1. The van der Waals surface area contributed by atoms with Crippen molar-refractivity contribution in [2.24, 2.45) is 0 Å². The van der Waals surface area contributed by atoms with Crippen LogP contribution in [0.1, 0.15) is 15.9 Å². The van der Waals surface area contributed by atoms with Crippen molar-refractivity contribution in [3.63, 3.8) is 0 Å². The number of benzene rings is 3. The molecule has 0 spiro atoms. The van der Waals surface area contributed by atoms with Crippen LogP contribution in [-0.2, 0) is 6.54 Å². The van der Waals surface area contributed by atoms with Gasteiger partial charge in [0.2, 0.25) is 5.78 Å². The minimum atomic E-state index is 0. The first-order valence-corrected chi connectivity index (χ1v) is 9.30. The van der Waals surface area contributed by atoms with Crippen LogP contribution in [0.4, 0.5) is 0 Å². The Morgan fingerprint density at radius 3 is 2.03 bits per heavy atom. The number of nitrogens with zero attached hydrogens (tertiary/aromatic N) is 2. The first-order chi connectivity index (χ1) is 13.7. The van der Waals surface area contributed by atoms with Crippen LogP contribution in [-0.4, -0.2) is 10.8 Å². The average Bonchev–Trinajstić information content (AvgIpc) is 2.75. The molecule has 0 saturated carbocycles. The van der Waals surface area contributed by atoms with E-state index in [1.54, 1.807) is 6.33 Å². The van der Waals surface area contributed by atoms with E-state index in [4.69, 9.17) is 0 Å². The Hall–Kier alpha value is -3.11. The summed E-state index contributed by atoms with van der Waals surface area (Å²) in [4.78, 5) is 16.9. The molecular weight excluding hydrogens is 424 g/mol. The van der Waals surface area contributed by atoms with Crippen molar-refractivity contribution in [2.45, 2.75) is 13.5 Å². The van der Waals surface area contributed by atoms with E-state index in [0.717, 1.165) is 22.4 Å². The molecule has 0 aliphatic carbocycles. The highest BCUT2D eigenvalue weighted by Gasteiger charge is 2.12. The number of aryl methyl sites for hydroxylation is 1. The van der Waals surface area contributed by atoms with E-state index in [1.807, 2.05) is 66.2 Å². The molecule has 0 saturated heterocycles. The monoisotopic (exact) mass is 445 g/mol. The smallest absolute Gasteiger partial charge is 0.287 e. The van der Waals surface area contributed by atoms with Crippen LogP contribution in [0.5, 0.6) is 0 Å². The minimum Gasteiger partial charge on any atom is -0.290 e. The molecule has 29 heavy (non-hydrogen) atoms. The quantitative estimate of drug-likeness (QED) is 0.301. The molecule has 4 rings (SSSR count). The third-order valence-corrected chi connectivity index (χ3v) is 4.76. The van der Waals surface area contributed by atoms with Gasteiger partial charge in [-0.15, -0.1) is 17.0 Å². The largest absolute Gasteiger partial charge is 0.290 e. The molecule has 0 aliphatic rings. The van der Waals surface area contributed by atoms with Gasteiger partial charge in [-0.05, 0) is 35.2 Å². The van der Waals surface area contributed by atoms with Gasteiger partial charge in [0.15, 0.2) is 12.2 Å². The summed E-state index contributed by atoms with van der Waals surface area (Å²) in [6.45, 7) is 2.29. The summed E-state index contributed by atoms with van der Waals surface area (Å²) in [5.41, 5.74) is 6.18. The van der Waals surface area contributed by atoms with Gasteiger partial charge in [-0.2, -0.15) is 0 Å². The second kappa shape index (κ2) is 9.39. The van der Waals surface area contributed by atoms with Gasteiger partial charge in [-0.25, -0.2) is 4.57 Å². The lowest BCUT2D eigenvalue weighted by Crippen LogP contribution is -2.37. The van der Waals surface area contributed by atoms with Crippen molar-refractivity contribution in [2.75, 3.05) is 0 Å².